The molecule has 2 bridgehead atoms. The Labute approximate surface area is 361 Å². The molecule has 0 aromatic rings. The van der Waals surface area contributed by atoms with E-state index < -0.39 is 96.9 Å². The molecule has 14 heteroatoms. The fourth-order valence-electron chi connectivity index (χ4n) is 10.7. The van der Waals surface area contributed by atoms with Crippen LogP contribution in [0.15, 0.2) is 47.1 Å². The van der Waals surface area contributed by atoms with Gasteiger partial charge in [0.25, 0.3) is 0 Å². The lowest BCUT2D eigenvalue weighted by molar-refractivity contribution is -0.340. The molecule has 5 saturated heterocycles. The van der Waals surface area contributed by atoms with Crippen LogP contribution in [0.25, 0.3) is 0 Å². The monoisotopic (exact) mass is 860 g/mol. The number of ether oxygens (including phenoxy) is 9. The number of fused-ring (bicyclic) bond motifs is 2. The summed E-state index contributed by atoms with van der Waals surface area (Å²) in [5, 5.41) is 45.6. The standard InChI is InChI=1S/C47H72O14/c1-10-24(2)42-27(5)16-17-46(61-42)22-33-19-32(60-46)15-14-26(4)41(58-37-20-35(48)43(30(8)56-37)59-38-21-36(53-9)40(50)29(7)55-38)25(3)12-11-13-31-23-54-44-39(49)28(6)18-34(45(51)57-33)47(31,44)52/h11-14,18,24-25,27,29-30,32-44,48-50,52H,10,15-17,19-23H2,1-9H3/t24-,25-,27-,29-,30-,32+,33-,34-,35-,36-,37-,38-,39+,40-,41-,42+,43-,44+,46+,47+/m0/s1. The molecule has 1 aliphatic carbocycles. The number of aliphatic hydroxyl groups excluding tert-OH is 3. The van der Waals surface area contributed by atoms with Crippen LogP contribution in [-0.4, -0.2) is 137 Å². The first-order chi connectivity index (χ1) is 29.0. The number of carbonyl (C=O) groups is 1. The van der Waals surface area contributed by atoms with Gasteiger partial charge in [0.2, 0.25) is 0 Å². The topological polar surface area (TPSA) is 181 Å². The highest BCUT2D eigenvalue weighted by atomic mass is 16.7. The number of rotatable bonds is 7. The molecule has 344 valence electrons. The Balaban J connectivity index is 1.17. The maximum absolute atomic E-state index is 14.3. The van der Waals surface area contributed by atoms with Gasteiger partial charge >= 0.3 is 5.97 Å². The van der Waals surface area contributed by atoms with Gasteiger partial charge in [-0.1, -0.05) is 64.5 Å². The van der Waals surface area contributed by atoms with Crippen LogP contribution in [0.2, 0.25) is 0 Å². The van der Waals surface area contributed by atoms with Crippen LogP contribution < -0.4 is 0 Å². The van der Waals surface area contributed by atoms with Crippen LogP contribution in [0.1, 0.15) is 107 Å². The van der Waals surface area contributed by atoms with Gasteiger partial charge in [-0.2, -0.15) is 0 Å². The molecule has 6 aliphatic heterocycles. The van der Waals surface area contributed by atoms with Gasteiger partial charge in [-0.3, -0.25) is 4.79 Å². The summed E-state index contributed by atoms with van der Waals surface area (Å²) < 4.78 is 57.2. The highest BCUT2D eigenvalue weighted by Crippen LogP contribution is 2.48. The fourth-order valence-corrected chi connectivity index (χ4v) is 10.7. The van der Waals surface area contributed by atoms with Crippen LogP contribution in [-0.2, 0) is 47.4 Å². The summed E-state index contributed by atoms with van der Waals surface area (Å²) in [5.41, 5.74) is 0.101. The van der Waals surface area contributed by atoms with Crippen molar-refractivity contribution in [2.75, 3.05) is 13.7 Å². The van der Waals surface area contributed by atoms with E-state index in [1.165, 1.54) is 0 Å². The number of carbonyl (C=O) groups excluding carboxylic acids is 1. The van der Waals surface area contributed by atoms with Crippen LogP contribution in [0, 0.1) is 23.7 Å². The molecule has 1 spiro atoms. The molecule has 0 unspecified atom stereocenters. The zero-order valence-electron chi connectivity index (χ0n) is 37.5. The maximum atomic E-state index is 14.3. The predicted molar refractivity (Wildman–Crippen MR) is 223 cm³/mol. The zero-order chi connectivity index (χ0) is 44.0. The molecule has 0 radical (unpaired) electrons. The fraction of sp³-hybridized carbons (Fsp3) is 0.809. The van der Waals surface area contributed by atoms with Gasteiger partial charge in [-0.15, -0.1) is 0 Å². The minimum Gasteiger partial charge on any atom is -0.462 e. The molecular weight excluding hydrogens is 789 g/mol. The number of hydrogen-bond donors (Lipinski definition) is 4. The highest BCUT2D eigenvalue weighted by Gasteiger charge is 2.60. The predicted octanol–water partition coefficient (Wildman–Crippen LogP) is 4.95. The summed E-state index contributed by atoms with van der Waals surface area (Å²) in [5.74, 6) is -2.19. The molecule has 14 nitrogen and oxygen atoms in total. The first-order valence-electron chi connectivity index (χ1n) is 22.8. The summed E-state index contributed by atoms with van der Waals surface area (Å²) in [6.45, 7) is 16.0. The van der Waals surface area contributed by atoms with Crippen LogP contribution in [0.4, 0.5) is 0 Å². The molecule has 20 atom stereocenters. The first kappa shape index (κ1) is 46.9. The van der Waals surface area contributed by atoms with Crippen molar-refractivity contribution < 1.29 is 67.9 Å². The Bertz CT molecular complexity index is 1650. The Morgan fingerprint density at radius 1 is 0.951 bits per heavy atom. The molecule has 0 aromatic carbocycles. The molecule has 0 aromatic heterocycles. The van der Waals surface area contributed by atoms with Crippen molar-refractivity contribution in [2.45, 2.75) is 204 Å². The van der Waals surface area contributed by atoms with Crippen molar-refractivity contribution in [3.8, 4) is 0 Å². The lowest BCUT2D eigenvalue weighted by atomic mass is 9.71. The lowest BCUT2D eigenvalue weighted by Crippen LogP contribution is -2.58. The highest BCUT2D eigenvalue weighted by molar-refractivity contribution is 5.78. The van der Waals surface area contributed by atoms with Crippen LogP contribution in [0.5, 0.6) is 0 Å². The Hall–Kier alpha value is -2.05. The first-order valence-corrected chi connectivity index (χ1v) is 22.8. The van der Waals surface area contributed by atoms with Crippen molar-refractivity contribution in [2.24, 2.45) is 23.7 Å². The van der Waals surface area contributed by atoms with E-state index in [-0.39, 0.29) is 31.2 Å². The second-order valence-corrected chi connectivity index (χ2v) is 19.1. The van der Waals surface area contributed by atoms with E-state index in [2.05, 4.69) is 26.8 Å². The third-order valence-corrected chi connectivity index (χ3v) is 14.6. The van der Waals surface area contributed by atoms with Crippen molar-refractivity contribution in [1.82, 2.24) is 0 Å². The second-order valence-electron chi connectivity index (χ2n) is 19.1. The van der Waals surface area contributed by atoms with Crippen molar-refractivity contribution in [3.63, 3.8) is 0 Å². The summed E-state index contributed by atoms with van der Waals surface area (Å²) in [4.78, 5) is 14.3. The number of methoxy groups -OCH3 is 1. The van der Waals surface area contributed by atoms with Crippen molar-refractivity contribution in [3.05, 3.63) is 47.1 Å². The van der Waals surface area contributed by atoms with Crippen LogP contribution >= 0.6 is 0 Å². The molecule has 4 N–H and O–H groups in total. The van der Waals surface area contributed by atoms with Gasteiger partial charge in [-0.05, 0) is 69.1 Å². The Kier molecular flexibility index (Phi) is 14.8. The SMILES string of the molecule is CC[C@H](C)[C@H]1O[C@]2(CC[C@@H]1C)C[C@@H]1C[C@@H](CC=C(C)[C@@H](O[C@H]3C[C@H](O)[C@@H](O[C@H]4C[C@H](OC)[C@@H](O)[C@H](C)O4)[C@H](C)O3)[C@@H](C)C=CC=C3CO[C@@H]4[C@H](O)C(C)=C[C@@H](C(=O)O1)[C@]34O)O2. The summed E-state index contributed by atoms with van der Waals surface area (Å²) in [6, 6.07) is 0. The maximum Gasteiger partial charge on any atom is 0.316 e. The molecule has 5 fully saturated rings. The molecule has 0 saturated carbocycles. The summed E-state index contributed by atoms with van der Waals surface area (Å²) in [6.07, 6.45) is 4.64. The van der Waals surface area contributed by atoms with E-state index in [9.17, 15) is 25.2 Å². The number of esters is 1. The minimum absolute atomic E-state index is 0.0169. The normalized spacial score (nSPS) is 47.8. The van der Waals surface area contributed by atoms with Gasteiger partial charge in [0.05, 0.1) is 49.3 Å². The van der Waals surface area contributed by atoms with E-state index in [0.29, 0.717) is 55.1 Å². The van der Waals surface area contributed by atoms with Gasteiger partial charge < -0.3 is 63.1 Å². The van der Waals surface area contributed by atoms with Crippen molar-refractivity contribution in [1.29, 1.82) is 0 Å². The molecule has 7 rings (SSSR count). The van der Waals surface area contributed by atoms with E-state index >= 15 is 0 Å². The summed E-state index contributed by atoms with van der Waals surface area (Å²) in [7, 11) is 1.54. The Morgan fingerprint density at radius 2 is 1.69 bits per heavy atom. The van der Waals surface area contributed by atoms with E-state index in [1.807, 2.05) is 32.9 Å². The van der Waals surface area contributed by atoms with Gasteiger partial charge in [-0.25, -0.2) is 0 Å². The largest absolute Gasteiger partial charge is 0.462 e. The molecular formula is C47H72O14. The van der Waals surface area contributed by atoms with Gasteiger partial charge in [0.1, 0.15) is 42.0 Å². The average molecular weight is 861 g/mol. The van der Waals surface area contributed by atoms with Crippen LogP contribution in [0.3, 0.4) is 0 Å². The van der Waals surface area contributed by atoms with Crippen molar-refractivity contribution >= 4 is 5.97 Å². The lowest BCUT2D eigenvalue weighted by Gasteiger charge is -2.51. The molecule has 61 heavy (non-hydrogen) atoms. The third kappa shape index (κ3) is 9.67. The minimum atomic E-state index is -1.83. The number of aliphatic hydroxyl groups is 4. The smallest absolute Gasteiger partial charge is 0.316 e. The van der Waals surface area contributed by atoms with E-state index in [1.54, 1.807) is 33.1 Å². The summed E-state index contributed by atoms with van der Waals surface area (Å²) >= 11 is 0. The van der Waals surface area contributed by atoms with Gasteiger partial charge in [0, 0.05) is 45.1 Å². The second kappa shape index (κ2) is 19.2. The quantitative estimate of drug-likeness (QED) is 0.200. The van der Waals surface area contributed by atoms with Gasteiger partial charge in [0.15, 0.2) is 18.4 Å². The number of allylic oxidation sites excluding steroid dienone is 2. The Morgan fingerprint density at radius 3 is 2.41 bits per heavy atom. The zero-order valence-corrected chi connectivity index (χ0v) is 37.5. The number of hydrogen-bond acceptors (Lipinski definition) is 14. The van der Waals surface area contributed by atoms with E-state index in [0.717, 1.165) is 18.4 Å². The molecule has 0 amide bonds. The third-order valence-electron chi connectivity index (χ3n) is 14.6. The molecule has 7 aliphatic rings. The average Bonchev–Trinajstić information content (AvgIpc) is 3.56. The van der Waals surface area contributed by atoms with E-state index in [4.69, 9.17) is 42.6 Å². The molecule has 6 heterocycles.